The molecule has 110 valence electrons. The third-order valence-electron chi connectivity index (χ3n) is 4.71. The summed E-state index contributed by atoms with van der Waals surface area (Å²) in [5.74, 6) is 6.31. The van der Waals surface area contributed by atoms with E-state index >= 15 is 0 Å². The summed E-state index contributed by atoms with van der Waals surface area (Å²) in [7, 11) is 0. The Bertz CT molecular complexity index is 347. The third kappa shape index (κ3) is 3.59. The van der Waals surface area contributed by atoms with Crippen LogP contribution in [0.3, 0.4) is 0 Å². The highest BCUT2D eigenvalue weighted by Crippen LogP contribution is 2.44. The molecular weight excluding hydrogens is 236 g/mol. The summed E-state index contributed by atoms with van der Waals surface area (Å²) in [6.07, 6.45) is 9.72. The molecule has 19 heavy (non-hydrogen) atoms. The zero-order valence-corrected chi connectivity index (χ0v) is 13.0. The summed E-state index contributed by atoms with van der Waals surface area (Å²) in [6.45, 7) is 8.77. The molecule has 0 aromatic carbocycles. The number of ether oxygens (including phenoxy) is 1. The Labute approximate surface area is 117 Å². The summed E-state index contributed by atoms with van der Waals surface area (Å²) in [5, 5.41) is 0. The van der Waals surface area contributed by atoms with Crippen molar-refractivity contribution in [3.05, 3.63) is 11.6 Å². The molecule has 0 aromatic heterocycles. The molecule has 3 heteroatoms. The predicted octanol–water partition coefficient (Wildman–Crippen LogP) is 3.30. The number of nitrogens with two attached hydrogens (primary N) is 1. The van der Waals surface area contributed by atoms with Gasteiger partial charge in [-0.1, -0.05) is 11.6 Å². The van der Waals surface area contributed by atoms with E-state index in [1.54, 1.807) is 5.57 Å². The van der Waals surface area contributed by atoms with Gasteiger partial charge in [0.1, 0.15) is 0 Å². The van der Waals surface area contributed by atoms with Gasteiger partial charge in [0.05, 0.1) is 11.2 Å². The molecule has 3 nitrogen and oxygen atoms in total. The standard InChI is InChI=1S/C16H30N2O/c1-15(2)11-13(16(3,4)19-15)14(18-17)10-12-8-6-5-7-9-12/h8,13-14,18H,5-7,9-11,17H2,1-4H3. The summed E-state index contributed by atoms with van der Waals surface area (Å²) >= 11 is 0. The topological polar surface area (TPSA) is 47.3 Å². The molecule has 2 rings (SSSR count). The molecule has 1 saturated heterocycles. The van der Waals surface area contributed by atoms with Crippen LogP contribution in [0.5, 0.6) is 0 Å². The van der Waals surface area contributed by atoms with E-state index in [1.165, 1.54) is 25.7 Å². The van der Waals surface area contributed by atoms with E-state index in [1.807, 2.05) is 0 Å². The van der Waals surface area contributed by atoms with Gasteiger partial charge < -0.3 is 4.74 Å². The van der Waals surface area contributed by atoms with Crippen LogP contribution in [0.15, 0.2) is 11.6 Å². The lowest BCUT2D eigenvalue weighted by Crippen LogP contribution is -2.47. The van der Waals surface area contributed by atoms with Gasteiger partial charge in [-0.15, -0.1) is 0 Å². The van der Waals surface area contributed by atoms with Crippen LogP contribution in [0.2, 0.25) is 0 Å². The van der Waals surface area contributed by atoms with Crippen LogP contribution in [0.25, 0.3) is 0 Å². The lowest BCUT2D eigenvalue weighted by Gasteiger charge is -2.33. The molecular formula is C16H30N2O. The fourth-order valence-electron chi connectivity index (χ4n) is 3.92. The maximum atomic E-state index is 6.21. The molecule has 2 aliphatic rings. The van der Waals surface area contributed by atoms with E-state index in [0.717, 1.165) is 12.8 Å². The summed E-state index contributed by atoms with van der Waals surface area (Å²) < 4.78 is 6.21. The van der Waals surface area contributed by atoms with Crippen molar-refractivity contribution in [2.75, 3.05) is 0 Å². The van der Waals surface area contributed by atoms with E-state index in [0.29, 0.717) is 12.0 Å². The zero-order valence-electron chi connectivity index (χ0n) is 13.0. The summed E-state index contributed by atoms with van der Waals surface area (Å²) in [5.41, 5.74) is 4.50. The number of allylic oxidation sites excluding steroid dienone is 1. The zero-order chi connectivity index (χ0) is 14.1. The quantitative estimate of drug-likeness (QED) is 0.466. The Morgan fingerprint density at radius 3 is 2.58 bits per heavy atom. The van der Waals surface area contributed by atoms with E-state index in [-0.39, 0.29) is 11.2 Å². The van der Waals surface area contributed by atoms with Gasteiger partial charge in [0, 0.05) is 12.0 Å². The minimum Gasteiger partial charge on any atom is -0.369 e. The lowest BCUT2D eigenvalue weighted by molar-refractivity contribution is -0.0776. The summed E-state index contributed by atoms with van der Waals surface area (Å²) in [4.78, 5) is 0. The van der Waals surface area contributed by atoms with Crippen molar-refractivity contribution < 1.29 is 4.74 Å². The first-order valence-corrected chi connectivity index (χ1v) is 7.68. The molecule has 2 atom stereocenters. The van der Waals surface area contributed by atoms with Crippen molar-refractivity contribution in [2.24, 2.45) is 11.8 Å². The van der Waals surface area contributed by atoms with Crippen molar-refractivity contribution in [3.63, 3.8) is 0 Å². The van der Waals surface area contributed by atoms with Crippen LogP contribution in [0.4, 0.5) is 0 Å². The Morgan fingerprint density at radius 2 is 2.11 bits per heavy atom. The van der Waals surface area contributed by atoms with Gasteiger partial charge >= 0.3 is 0 Å². The van der Waals surface area contributed by atoms with E-state index < -0.39 is 0 Å². The predicted molar refractivity (Wildman–Crippen MR) is 79.6 cm³/mol. The average molecular weight is 266 g/mol. The minimum atomic E-state index is -0.101. The minimum absolute atomic E-state index is 0.0375. The van der Waals surface area contributed by atoms with Gasteiger partial charge in [-0.25, -0.2) is 0 Å². The van der Waals surface area contributed by atoms with Gasteiger partial charge in [0.2, 0.25) is 0 Å². The molecule has 0 saturated carbocycles. The van der Waals surface area contributed by atoms with E-state index in [9.17, 15) is 0 Å². The molecule has 0 bridgehead atoms. The lowest BCUT2D eigenvalue weighted by atomic mass is 9.78. The summed E-state index contributed by atoms with van der Waals surface area (Å²) in [6, 6.07) is 0.320. The third-order valence-corrected chi connectivity index (χ3v) is 4.71. The van der Waals surface area contributed by atoms with Crippen LogP contribution in [0.1, 0.15) is 66.2 Å². The highest BCUT2D eigenvalue weighted by Gasteiger charge is 2.48. The second-order valence-electron chi connectivity index (χ2n) is 7.36. The van der Waals surface area contributed by atoms with Gasteiger partial charge in [-0.3, -0.25) is 11.3 Å². The Balaban J connectivity index is 2.06. The fraction of sp³-hybridized carbons (Fsp3) is 0.875. The molecule has 1 aliphatic heterocycles. The van der Waals surface area contributed by atoms with Crippen molar-refractivity contribution in [3.8, 4) is 0 Å². The molecule has 1 fully saturated rings. The Hall–Kier alpha value is -0.380. The Morgan fingerprint density at radius 1 is 1.37 bits per heavy atom. The molecule has 0 aromatic rings. The van der Waals surface area contributed by atoms with Gasteiger partial charge in [-0.05, 0) is 66.2 Å². The maximum Gasteiger partial charge on any atom is 0.0678 e. The normalized spacial score (nSPS) is 31.0. The molecule has 0 radical (unpaired) electrons. The van der Waals surface area contributed by atoms with Crippen molar-refractivity contribution in [1.82, 2.24) is 5.43 Å². The van der Waals surface area contributed by atoms with Gasteiger partial charge in [0.15, 0.2) is 0 Å². The van der Waals surface area contributed by atoms with Gasteiger partial charge in [0.25, 0.3) is 0 Å². The molecule has 0 amide bonds. The number of hydrogen-bond donors (Lipinski definition) is 2. The number of hydrazine groups is 1. The largest absolute Gasteiger partial charge is 0.369 e. The molecule has 1 aliphatic carbocycles. The van der Waals surface area contributed by atoms with Crippen LogP contribution >= 0.6 is 0 Å². The highest BCUT2D eigenvalue weighted by atomic mass is 16.5. The van der Waals surface area contributed by atoms with E-state index in [2.05, 4.69) is 39.2 Å². The second kappa shape index (κ2) is 5.55. The first-order valence-electron chi connectivity index (χ1n) is 7.68. The van der Waals surface area contributed by atoms with Crippen molar-refractivity contribution in [2.45, 2.75) is 83.5 Å². The SMILES string of the molecule is CC1(C)CC(C(CC2=CCCCC2)NN)C(C)(C)O1. The monoisotopic (exact) mass is 266 g/mol. The maximum absolute atomic E-state index is 6.21. The first-order chi connectivity index (χ1) is 8.84. The fourth-order valence-corrected chi connectivity index (χ4v) is 3.92. The van der Waals surface area contributed by atoms with Crippen LogP contribution < -0.4 is 11.3 Å². The van der Waals surface area contributed by atoms with Crippen LogP contribution in [0, 0.1) is 5.92 Å². The van der Waals surface area contributed by atoms with Gasteiger partial charge in [-0.2, -0.15) is 0 Å². The first kappa shape index (κ1) is 15.0. The van der Waals surface area contributed by atoms with Crippen molar-refractivity contribution in [1.29, 1.82) is 0 Å². The smallest absolute Gasteiger partial charge is 0.0678 e. The number of hydrogen-bond acceptors (Lipinski definition) is 3. The molecule has 1 heterocycles. The van der Waals surface area contributed by atoms with Crippen LogP contribution in [-0.4, -0.2) is 17.2 Å². The average Bonchev–Trinajstić information content (AvgIpc) is 2.55. The number of nitrogens with one attached hydrogen (secondary N) is 1. The molecule has 2 unspecified atom stereocenters. The number of rotatable bonds is 4. The molecule has 3 N–H and O–H groups in total. The molecule has 0 spiro atoms. The highest BCUT2D eigenvalue weighted by molar-refractivity contribution is 5.10. The van der Waals surface area contributed by atoms with Crippen molar-refractivity contribution >= 4 is 0 Å². The van der Waals surface area contributed by atoms with E-state index in [4.69, 9.17) is 10.6 Å². The van der Waals surface area contributed by atoms with Crippen LogP contribution in [-0.2, 0) is 4.74 Å². The Kier molecular flexibility index (Phi) is 4.38. The second-order valence-corrected chi connectivity index (χ2v) is 7.36.